The molecule has 0 N–H and O–H groups in total. The minimum atomic E-state index is -3.60. The molecule has 164 valence electrons. The summed E-state index contributed by atoms with van der Waals surface area (Å²) in [6.07, 6.45) is 1.60. The van der Waals surface area contributed by atoms with Gasteiger partial charge in [0.05, 0.1) is 10.6 Å². The molecule has 3 aromatic carbocycles. The third kappa shape index (κ3) is 4.46. The Morgan fingerprint density at radius 2 is 1.66 bits per heavy atom. The van der Waals surface area contributed by atoms with Crippen molar-refractivity contribution in [3.05, 3.63) is 96.2 Å². The predicted molar refractivity (Wildman–Crippen MR) is 128 cm³/mol. The second-order valence-corrected chi connectivity index (χ2v) is 9.82. The summed E-state index contributed by atoms with van der Waals surface area (Å²) in [6, 6.07) is 24.3. The van der Waals surface area contributed by atoms with E-state index in [0.29, 0.717) is 11.9 Å². The third-order valence-electron chi connectivity index (χ3n) is 5.52. The van der Waals surface area contributed by atoms with E-state index < -0.39 is 9.84 Å². The van der Waals surface area contributed by atoms with E-state index in [1.807, 2.05) is 86.6 Å². The molecule has 0 aliphatic carbocycles. The molecule has 1 heterocycles. The minimum Gasteiger partial charge on any atom is -0.337 e. The molecule has 0 aliphatic heterocycles. The van der Waals surface area contributed by atoms with Crippen molar-refractivity contribution in [1.82, 2.24) is 4.57 Å². The van der Waals surface area contributed by atoms with Crippen LogP contribution in [-0.4, -0.2) is 25.4 Å². The molecule has 0 aliphatic rings. The smallest absolute Gasteiger partial charge is 0.246 e. The van der Waals surface area contributed by atoms with E-state index in [-0.39, 0.29) is 23.1 Å². The van der Waals surface area contributed by atoms with Gasteiger partial charge in [0.2, 0.25) is 5.91 Å². The van der Waals surface area contributed by atoms with E-state index in [2.05, 4.69) is 0 Å². The van der Waals surface area contributed by atoms with Crippen molar-refractivity contribution in [2.24, 2.45) is 0 Å². The summed E-state index contributed by atoms with van der Waals surface area (Å²) in [5.41, 5.74) is 3.32. The van der Waals surface area contributed by atoms with Gasteiger partial charge in [-0.25, -0.2) is 8.42 Å². The number of anilines is 1. The number of fused-ring (bicyclic) bond motifs is 1. The van der Waals surface area contributed by atoms with E-state index in [1.54, 1.807) is 21.7 Å². The monoisotopic (exact) mass is 446 g/mol. The molecule has 4 aromatic rings. The normalized spacial score (nSPS) is 11.6. The topological polar surface area (TPSA) is 59.4 Å². The fourth-order valence-corrected chi connectivity index (χ4v) is 5.60. The Kier molecular flexibility index (Phi) is 6.15. The van der Waals surface area contributed by atoms with E-state index >= 15 is 0 Å². The summed E-state index contributed by atoms with van der Waals surface area (Å²) < 4.78 is 28.4. The van der Waals surface area contributed by atoms with Gasteiger partial charge < -0.3 is 9.47 Å². The van der Waals surface area contributed by atoms with Crippen LogP contribution in [0, 0.1) is 6.92 Å². The largest absolute Gasteiger partial charge is 0.337 e. The van der Waals surface area contributed by atoms with Gasteiger partial charge in [0, 0.05) is 29.3 Å². The highest BCUT2D eigenvalue weighted by Gasteiger charge is 2.23. The van der Waals surface area contributed by atoms with Crippen LogP contribution in [0.2, 0.25) is 0 Å². The summed E-state index contributed by atoms with van der Waals surface area (Å²) in [6.45, 7) is 4.46. The van der Waals surface area contributed by atoms with Gasteiger partial charge in [-0.15, -0.1) is 0 Å². The van der Waals surface area contributed by atoms with Crippen LogP contribution >= 0.6 is 0 Å². The molecular formula is C26H26N2O3S. The molecule has 4 rings (SSSR count). The molecule has 1 amide bonds. The second kappa shape index (κ2) is 9.01. The van der Waals surface area contributed by atoms with E-state index in [9.17, 15) is 13.2 Å². The summed E-state index contributed by atoms with van der Waals surface area (Å²) in [5.74, 6) is -0.177. The summed E-state index contributed by atoms with van der Waals surface area (Å²) in [5, 5.41) is 0.635. The molecule has 0 spiro atoms. The maximum absolute atomic E-state index is 13.3. The molecule has 6 heteroatoms. The summed E-state index contributed by atoms with van der Waals surface area (Å²) >= 11 is 0. The van der Waals surface area contributed by atoms with Gasteiger partial charge in [0.15, 0.2) is 9.84 Å². The lowest BCUT2D eigenvalue weighted by Gasteiger charge is -2.21. The van der Waals surface area contributed by atoms with Gasteiger partial charge >= 0.3 is 0 Å². The number of aryl methyl sites for hydroxylation is 1. The van der Waals surface area contributed by atoms with Crippen molar-refractivity contribution in [3.63, 3.8) is 0 Å². The number of rotatable bonds is 7. The molecular weight excluding hydrogens is 420 g/mol. The highest BCUT2D eigenvalue weighted by molar-refractivity contribution is 7.90. The average molecular weight is 447 g/mol. The van der Waals surface area contributed by atoms with Crippen LogP contribution in [0.1, 0.15) is 18.1 Å². The van der Waals surface area contributed by atoms with Crippen LogP contribution in [0.3, 0.4) is 0 Å². The molecule has 0 saturated carbocycles. The number of amides is 1. The average Bonchev–Trinajstić information content (AvgIpc) is 3.14. The van der Waals surface area contributed by atoms with Crippen molar-refractivity contribution in [3.8, 4) is 0 Å². The Labute approximate surface area is 188 Å². The Hall–Kier alpha value is -3.38. The summed E-state index contributed by atoms with van der Waals surface area (Å²) in [7, 11) is -3.60. The first-order valence-electron chi connectivity index (χ1n) is 10.6. The van der Waals surface area contributed by atoms with Crippen molar-refractivity contribution < 1.29 is 13.2 Å². The van der Waals surface area contributed by atoms with E-state index in [1.165, 1.54) is 0 Å². The lowest BCUT2D eigenvalue weighted by atomic mass is 10.2. The highest BCUT2D eigenvalue weighted by Crippen LogP contribution is 2.28. The zero-order chi connectivity index (χ0) is 22.7. The molecule has 0 fully saturated rings. The standard InChI is InChI=1S/C26H26N2O3S/c1-3-28(22-12-5-4-6-13-22)26(29)18-27-17-25(23-14-7-8-15-24(23)27)32(30,31)19-21-11-9-10-20(2)16-21/h4-17H,3,18-19H2,1-2H3. The summed E-state index contributed by atoms with van der Waals surface area (Å²) in [4.78, 5) is 15.1. The van der Waals surface area contributed by atoms with E-state index in [0.717, 1.165) is 22.3 Å². The number of hydrogen-bond acceptors (Lipinski definition) is 3. The van der Waals surface area contributed by atoms with Crippen LogP contribution in [0.5, 0.6) is 0 Å². The maximum atomic E-state index is 13.3. The predicted octanol–water partition coefficient (Wildman–Crippen LogP) is 4.98. The zero-order valence-electron chi connectivity index (χ0n) is 18.2. The number of carbonyl (C=O) groups excluding carboxylic acids is 1. The number of likely N-dealkylation sites (N-methyl/N-ethyl adjacent to an activating group) is 1. The highest BCUT2D eigenvalue weighted by atomic mass is 32.2. The third-order valence-corrected chi connectivity index (χ3v) is 7.23. The van der Waals surface area contributed by atoms with Crippen molar-refractivity contribution in [2.45, 2.75) is 31.0 Å². The van der Waals surface area contributed by atoms with Crippen LogP contribution in [0.15, 0.2) is 90.0 Å². The maximum Gasteiger partial charge on any atom is 0.246 e. The van der Waals surface area contributed by atoms with Gasteiger partial charge in [-0.05, 0) is 37.6 Å². The minimum absolute atomic E-state index is 0.0587. The van der Waals surface area contributed by atoms with Gasteiger partial charge in [0.25, 0.3) is 0 Å². The number of carbonyl (C=O) groups is 1. The molecule has 0 unspecified atom stereocenters. The van der Waals surface area contributed by atoms with Crippen LogP contribution in [-0.2, 0) is 26.9 Å². The fraction of sp³-hybridized carbons (Fsp3) is 0.192. The van der Waals surface area contributed by atoms with Crippen LogP contribution in [0.4, 0.5) is 5.69 Å². The second-order valence-electron chi connectivity index (χ2n) is 7.86. The Morgan fingerprint density at radius 1 is 0.938 bits per heavy atom. The SMILES string of the molecule is CCN(C(=O)Cn1cc(S(=O)(=O)Cc2cccc(C)c2)c2ccccc21)c1ccccc1. The quantitative estimate of drug-likeness (QED) is 0.402. The lowest BCUT2D eigenvalue weighted by Crippen LogP contribution is -2.33. The van der Waals surface area contributed by atoms with Crippen molar-refractivity contribution in [1.29, 1.82) is 0 Å². The van der Waals surface area contributed by atoms with Gasteiger partial charge in [-0.1, -0.05) is 66.2 Å². The Morgan fingerprint density at radius 3 is 2.38 bits per heavy atom. The van der Waals surface area contributed by atoms with Gasteiger partial charge in [-0.3, -0.25) is 4.79 Å². The first-order chi connectivity index (χ1) is 15.4. The molecule has 0 bridgehead atoms. The molecule has 1 aromatic heterocycles. The number of hydrogen-bond donors (Lipinski definition) is 0. The van der Waals surface area contributed by atoms with Gasteiger partial charge in [0.1, 0.15) is 6.54 Å². The lowest BCUT2D eigenvalue weighted by molar-refractivity contribution is -0.119. The zero-order valence-corrected chi connectivity index (χ0v) is 19.0. The van der Waals surface area contributed by atoms with E-state index in [4.69, 9.17) is 0 Å². The Bertz CT molecular complexity index is 1360. The first-order valence-corrected chi connectivity index (χ1v) is 12.3. The van der Waals surface area contributed by atoms with Crippen molar-refractivity contribution >= 4 is 32.3 Å². The number of sulfone groups is 1. The van der Waals surface area contributed by atoms with Crippen LogP contribution in [0.25, 0.3) is 10.9 Å². The molecule has 0 radical (unpaired) electrons. The first kappa shape index (κ1) is 21.8. The number of nitrogens with zero attached hydrogens (tertiary/aromatic N) is 2. The number of para-hydroxylation sites is 2. The molecule has 32 heavy (non-hydrogen) atoms. The number of benzene rings is 3. The Balaban J connectivity index is 1.69. The van der Waals surface area contributed by atoms with Crippen molar-refractivity contribution in [2.75, 3.05) is 11.4 Å². The number of aromatic nitrogens is 1. The molecule has 0 atom stereocenters. The van der Waals surface area contributed by atoms with Crippen LogP contribution < -0.4 is 4.90 Å². The molecule has 0 saturated heterocycles. The molecule has 5 nitrogen and oxygen atoms in total. The fourth-order valence-electron chi connectivity index (χ4n) is 4.03. The van der Waals surface area contributed by atoms with Gasteiger partial charge in [-0.2, -0.15) is 0 Å².